The van der Waals surface area contributed by atoms with Crippen LogP contribution in [0.2, 0.25) is 5.02 Å². The van der Waals surface area contributed by atoms with Gasteiger partial charge in [0.25, 0.3) is 0 Å². The highest BCUT2D eigenvalue weighted by Crippen LogP contribution is 2.20. The Morgan fingerprint density at radius 2 is 1.84 bits per heavy atom. The molecule has 0 bridgehead atoms. The van der Waals surface area contributed by atoms with Gasteiger partial charge in [-0.2, -0.15) is 0 Å². The standard InChI is InChI=1S/C17H25ClN2O3S.HI/c1-17(2,3)23-16(22)20-14(10-11-24(4)5)15(21)19-13-9-7-6-8-12(13)18;/h6-9,14H,10-11H2,1-5H3,(H-,19,20,21,22);1H/t14-;/m0./s1. The summed E-state index contributed by atoms with van der Waals surface area (Å²) in [5.41, 5.74) is -0.0969. The lowest BCUT2D eigenvalue weighted by Gasteiger charge is -2.23. The van der Waals surface area contributed by atoms with Crippen molar-refractivity contribution in [2.75, 3.05) is 23.6 Å². The van der Waals surface area contributed by atoms with Gasteiger partial charge in [0.15, 0.2) is 0 Å². The molecule has 0 aromatic heterocycles. The summed E-state index contributed by atoms with van der Waals surface area (Å²) in [6.07, 6.45) is 4.12. The van der Waals surface area contributed by atoms with E-state index in [1.165, 1.54) is 0 Å². The highest BCUT2D eigenvalue weighted by atomic mass is 127. The van der Waals surface area contributed by atoms with E-state index in [0.717, 1.165) is 5.75 Å². The molecule has 0 saturated heterocycles. The summed E-state index contributed by atoms with van der Waals surface area (Å²) >= 11 is 6.07. The van der Waals surface area contributed by atoms with Crippen molar-refractivity contribution >= 4 is 40.2 Å². The van der Waals surface area contributed by atoms with E-state index in [9.17, 15) is 9.59 Å². The molecule has 0 aliphatic rings. The van der Waals surface area contributed by atoms with Gasteiger partial charge in [-0.15, -0.1) is 0 Å². The second kappa shape index (κ2) is 11.1. The number of hydrogen-bond acceptors (Lipinski definition) is 3. The fraction of sp³-hybridized carbons (Fsp3) is 0.529. The lowest BCUT2D eigenvalue weighted by molar-refractivity contribution is -0.118. The number of alkyl carbamates (subject to hydrolysis) is 1. The normalized spacial score (nSPS) is 12.1. The Morgan fingerprint density at radius 3 is 2.36 bits per heavy atom. The van der Waals surface area contributed by atoms with Crippen molar-refractivity contribution in [3.63, 3.8) is 0 Å². The molecule has 1 aromatic rings. The monoisotopic (exact) mass is 500 g/mol. The number of amides is 2. The van der Waals surface area contributed by atoms with Crippen LogP contribution in [0, 0.1) is 0 Å². The summed E-state index contributed by atoms with van der Waals surface area (Å²) in [6, 6.07) is 6.31. The number of benzene rings is 1. The van der Waals surface area contributed by atoms with Gasteiger partial charge in [0, 0.05) is 6.42 Å². The maximum Gasteiger partial charge on any atom is 0.408 e. The topological polar surface area (TPSA) is 67.4 Å². The first-order chi connectivity index (χ1) is 11.1. The first-order valence-electron chi connectivity index (χ1n) is 7.67. The van der Waals surface area contributed by atoms with Crippen molar-refractivity contribution in [2.45, 2.75) is 38.8 Å². The van der Waals surface area contributed by atoms with E-state index in [0.29, 0.717) is 17.1 Å². The molecule has 1 rings (SSSR count). The van der Waals surface area contributed by atoms with Gasteiger partial charge in [0.1, 0.15) is 17.4 Å². The zero-order chi connectivity index (χ0) is 18.3. The van der Waals surface area contributed by atoms with E-state index < -0.39 is 17.7 Å². The van der Waals surface area contributed by atoms with Crippen LogP contribution in [0.4, 0.5) is 10.5 Å². The molecule has 5 nitrogen and oxygen atoms in total. The summed E-state index contributed by atoms with van der Waals surface area (Å²) in [5.74, 6) is 0.524. The molecule has 0 unspecified atom stereocenters. The minimum absolute atomic E-state index is 0. The number of anilines is 1. The van der Waals surface area contributed by atoms with Crippen molar-refractivity contribution in [3.8, 4) is 0 Å². The Morgan fingerprint density at radius 1 is 1.24 bits per heavy atom. The van der Waals surface area contributed by atoms with Gasteiger partial charge in [-0.25, -0.2) is 4.79 Å². The fourth-order valence-corrected chi connectivity index (χ4v) is 2.74. The predicted molar refractivity (Wildman–Crippen MR) is 102 cm³/mol. The zero-order valence-electron chi connectivity index (χ0n) is 15.2. The predicted octanol–water partition coefficient (Wildman–Crippen LogP) is 0.444. The molecule has 0 aliphatic carbocycles. The summed E-state index contributed by atoms with van der Waals surface area (Å²) < 4.78 is 5.25. The molecule has 8 heteroatoms. The van der Waals surface area contributed by atoms with E-state index in [1.807, 2.05) is 0 Å². The zero-order valence-corrected chi connectivity index (χ0v) is 18.9. The minimum Gasteiger partial charge on any atom is -1.00 e. The van der Waals surface area contributed by atoms with E-state index >= 15 is 0 Å². The van der Waals surface area contributed by atoms with Gasteiger partial charge in [-0.05, 0) is 43.8 Å². The number of carbonyl (C=O) groups excluding carboxylic acids is 2. The molecule has 1 aromatic carbocycles. The number of para-hydroxylation sites is 1. The Balaban J connectivity index is 0.00000576. The second-order valence-corrected chi connectivity index (χ2v) is 9.43. The van der Waals surface area contributed by atoms with Crippen molar-refractivity contribution in [1.29, 1.82) is 0 Å². The van der Waals surface area contributed by atoms with E-state index in [2.05, 4.69) is 23.1 Å². The van der Waals surface area contributed by atoms with Crippen molar-refractivity contribution < 1.29 is 38.3 Å². The van der Waals surface area contributed by atoms with E-state index in [-0.39, 0.29) is 40.8 Å². The summed E-state index contributed by atoms with van der Waals surface area (Å²) in [4.78, 5) is 24.5. The van der Waals surface area contributed by atoms with Crippen LogP contribution in [0.3, 0.4) is 0 Å². The molecular formula is C17H26ClIN2O3S. The summed E-state index contributed by atoms with van der Waals surface area (Å²) in [5, 5.41) is 5.87. The highest BCUT2D eigenvalue weighted by molar-refractivity contribution is 7.95. The third-order valence-corrected chi connectivity index (χ3v) is 4.34. The number of carbonyl (C=O) groups is 2. The number of rotatable bonds is 6. The van der Waals surface area contributed by atoms with Gasteiger partial charge in [-0.3, -0.25) is 4.79 Å². The van der Waals surface area contributed by atoms with Crippen LogP contribution in [0.25, 0.3) is 0 Å². The van der Waals surface area contributed by atoms with Crippen LogP contribution >= 0.6 is 11.6 Å². The van der Waals surface area contributed by atoms with E-state index in [4.69, 9.17) is 16.3 Å². The maximum absolute atomic E-state index is 12.5. The van der Waals surface area contributed by atoms with Gasteiger partial charge in [0.05, 0.1) is 23.2 Å². The highest BCUT2D eigenvalue weighted by Gasteiger charge is 2.26. The third kappa shape index (κ3) is 10.2. The van der Waals surface area contributed by atoms with E-state index in [1.54, 1.807) is 45.0 Å². The fourth-order valence-electron chi connectivity index (χ4n) is 1.85. The molecule has 0 spiro atoms. The van der Waals surface area contributed by atoms with Crippen LogP contribution in [-0.4, -0.2) is 41.9 Å². The van der Waals surface area contributed by atoms with Crippen molar-refractivity contribution in [2.24, 2.45) is 0 Å². The molecular weight excluding hydrogens is 475 g/mol. The van der Waals surface area contributed by atoms with Crippen LogP contribution in [0.1, 0.15) is 27.2 Å². The molecule has 1 atom stereocenters. The van der Waals surface area contributed by atoms with Gasteiger partial charge < -0.3 is 39.3 Å². The smallest absolute Gasteiger partial charge is 0.408 e. The molecule has 0 aliphatic heterocycles. The lowest BCUT2D eigenvalue weighted by atomic mass is 10.2. The second-order valence-electron chi connectivity index (χ2n) is 6.65. The van der Waals surface area contributed by atoms with Crippen LogP contribution in [-0.2, 0) is 20.4 Å². The third-order valence-electron chi connectivity index (χ3n) is 2.95. The Kier molecular flexibility index (Phi) is 10.8. The Bertz CT molecular complexity index is 579. The number of halogens is 2. The van der Waals surface area contributed by atoms with Gasteiger partial charge in [-0.1, -0.05) is 23.7 Å². The molecule has 0 saturated carbocycles. The number of hydrogen-bond donors (Lipinski definition) is 2. The SMILES string of the molecule is C[S+](C)CC[C@H](NC(=O)OC(C)(C)C)C(=O)Nc1ccccc1Cl.[I-]. The Labute approximate surface area is 175 Å². The molecule has 2 amide bonds. The number of ether oxygens (including phenoxy) is 1. The first-order valence-corrected chi connectivity index (χ1v) is 10.3. The maximum atomic E-state index is 12.5. The molecule has 2 N–H and O–H groups in total. The molecule has 0 radical (unpaired) electrons. The van der Waals surface area contributed by atoms with Gasteiger partial charge >= 0.3 is 6.09 Å². The average molecular weight is 501 g/mol. The first kappa shape index (κ1) is 24.3. The molecule has 0 fully saturated rings. The average Bonchev–Trinajstić information content (AvgIpc) is 2.43. The molecule has 0 heterocycles. The van der Waals surface area contributed by atoms with Crippen LogP contribution in [0.15, 0.2) is 24.3 Å². The van der Waals surface area contributed by atoms with Crippen molar-refractivity contribution in [3.05, 3.63) is 29.3 Å². The molecule has 25 heavy (non-hydrogen) atoms. The van der Waals surface area contributed by atoms with Crippen LogP contribution < -0.4 is 34.6 Å². The number of nitrogens with one attached hydrogen (secondary N) is 2. The van der Waals surface area contributed by atoms with Crippen molar-refractivity contribution in [1.82, 2.24) is 5.32 Å². The quantitative estimate of drug-likeness (QED) is 0.440. The summed E-state index contributed by atoms with van der Waals surface area (Å²) in [6.45, 7) is 5.34. The van der Waals surface area contributed by atoms with Crippen LogP contribution in [0.5, 0.6) is 0 Å². The largest absolute Gasteiger partial charge is 1.00 e. The lowest BCUT2D eigenvalue weighted by Crippen LogP contribution is -3.00. The van der Waals surface area contributed by atoms with Gasteiger partial charge in [0.2, 0.25) is 5.91 Å². The minimum atomic E-state index is -0.675. The Hall–Kier alpha value is -0.670. The molecule has 142 valence electrons. The summed E-state index contributed by atoms with van der Waals surface area (Å²) in [7, 11) is 0.164.